The SMILES string of the molecule is C#CC=C.CN1CCc2cc(Cl)sc2C1.Cc1ccccc1. The van der Waals surface area contributed by atoms with E-state index in [2.05, 4.69) is 56.0 Å². The zero-order valence-electron chi connectivity index (χ0n) is 13.2. The van der Waals surface area contributed by atoms with Gasteiger partial charge in [0.2, 0.25) is 0 Å². The lowest BCUT2D eigenvalue weighted by Crippen LogP contribution is -2.24. The number of nitrogens with zero attached hydrogens (tertiary/aromatic N) is 1. The number of rotatable bonds is 0. The lowest BCUT2D eigenvalue weighted by Gasteiger charge is -2.21. The second kappa shape index (κ2) is 10.2. The van der Waals surface area contributed by atoms with Crippen LogP contribution in [0.3, 0.4) is 0 Å². The van der Waals surface area contributed by atoms with Gasteiger partial charge in [-0.25, -0.2) is 0 Å². The van der Waals surface area contributed by atoms with Crippen molar-refractivity contribution in [1.82, 2.24) is 4.90 Å². The van der Waals surface area contributed by atoms with E-state index in [1.54, 1.807) is 11.3 Å². The van der Waals surface area contributed by atoms with Crippen LogP contribution >= 0.6 is 22.9 Å². The van der Waals surface area contributed by atoms with Gasteiger partial charge in [-0.05, 0) is 38.1 Å². The third-order valence-corrected chi connectivity index (χ3v) is 4.39. The molecule has 0 spiro atoms. The van der Waals surface area contributed by atoms with E-state index >= 15 is 0 Å². The molecule has 0 saturated heterocycles. The minimum Gasteiger partial charge on any atom is -0.301 e. The smallest absolute Gasteiger partial charge is 0.0934 e. The van der Waals surface area contributed by atoms with E-state index in [1.807, 2.05) is 18.2 Å². The fourth-order valence-electron chi connectivity index (χ4n) is 1.95. The molecule has 1 aliphatic heterocycles. The van der Waals surface area contributed by atoms with E-state index in [9.17, 15) is 0 Å². The Labute approximate surface area is 143 Å². The Balaban J connectivity index is 0.000000190. The van der Waals surface area contributed by atoms with Crippen LogP contribution in [0, 0.1) is 19.3 Å². The van der Waals surface area contributed by atoms with E-state index in [0.29, 0.717) is 0 Å². The molecule has 0 unspecified atom stereocenters. The standard InChI is InChI=1S/C8H10ClNS.C7H8.C4H4/c1-10-3-2-6-4-8(9)11-7(6)5-10;1-7-5-3-2-4-6-7;1-3-4-2/h4H,2-3,5H2,1H3;2-6H,1H3;1,4H,2H2. The molecule has 1 aromatic heterocycles. The summed E-state index contributed by atoms with van der Waals surface area (Å²) < 4.78 is 0.935. The van der Waals surface area contributed by atoms with Crippen LogP contribution in [0.15, 0.2) is 49.1 Å². The van der Waals surface area contributed by atoms with Gasteiger partial charge in [0.05, 0.1) is 4.34 Å². The van der Waals surface area contributed by atoms with E-state index in [4.69, 9.17) is 11.6 Å². The third-order valence-electron chi connectivity index (χ3n) is 3.10. The summed E-state index contributed by atoms with van der Waals surface area (Å²) in [5.41, 5.74) is 2.78. The fourth-order valence-corrected chi connectivity index (χ4v) is 3.37. The first-order chi connectivity index (χ1) is 10.6. The van der Waals surface area contributed by atoms with E-state index < -0.39 is 0 Å². The van der Waals surface area contributed by atoms with Crippen molar-refractivity contribution in [2.75, 3.05) is 13.6 Å². The van der Waals surface area contributed by atoms with Crippen LogP contribution in [0.1, 0.15) is 16.0 Å². The highest BCUT2D eigenvalue weighted by Crippen LogP contribution is 2.30. The van der Waals surface area contributed by atoms with Gasteiger partial charge >= 0.3 is 0 Å². The maximum Gasteiger partial charge on any atom is 0.0934 e. The lowest BCUT2D eigenvalue weighted by atomic mass is 10.1. The molecular formula is C19H22ClNS. The van der Waals surface area contributed by atoms with Crippen LogP contribution in [0.2, 0.25) is 4.34 Å². The molecule has 0 fully saturated rings. The Morgan fingerprint density at radius 2 is 2.00 bits per heavy atom. The van der Waals surface area contributed by atoms with Crippen LogP contribution < -0.4 is 0 Å². The topological polar surface area (TPSA) is 3.24 Å². The summed E-state index contributed by atoms with van der Waals surface area (Å²) in [7, 11) is 2.15. The average Bonchev–Trinajstić information content (AvgIpc) is 2.88. The third kappa shape index (κ3) is 6.95. The molecule has 3 rings (SSSR count). The Morgan fingerprint density at radius 1 is 1.36 bits per heavy atom. The van der Waals surface area contributed by atoms with Crippen LogP contribution in [0.5, 0.6) is 0 Å². The van der Waals surface area contributed by atoms with Gasteiger partial charge in [-0.1, -0.05) is 60.0 Å². The summed E-state index contributed by atoms with van der Waals surface area (Å²) >= 11 is 7.62. The van der Waals surface area contributed by atoms with Gasteiger partial charge in [0, 0.05) is 18.0 Å². The number of allylic oxidation sites excluding steroid dienone is 1. The van der Waals surface area contributed by atoms with Gasteiger partial charge < -0.3 is 4.90 Å². The predicted octanol–water partition coefficient (Wildman–Crippen LogP) is 5.19. The summed E-state index contributed by atoms with van der Waals surface area (Å²) in [6.07, 6.45) is 7.22. The van der Waals surface area contributed by atoms with Crippen LogP contribution in [0.4, 0.5) is 0 Å². The van der Waals surface area contributed by atoms with Gasteiger partial charge in [0.15, 0.2) is 0 Å². The quantitative estimate of drug-likeness (QED) is 0.600. The van der Waals surface area contributed by atoms with Gasteiger partial charge in [0.1, 0.15) is 0 Å². The molecule has 1 aromatic carbocycles. The van der Waals surface area contributed by atoms with Crippen molar-refractivity contribution >= 4 is 22.9 Å². The number of fused-ring (bicyclic) bond motifs is 1. The van der Waals surface area contributed by atoms with E-state index in [1.165, 1.54) is 28.6 Å². The van der Waals surface area contributed by atoms with E-state index in [0.717, 1.165) is 17.3 Å². The van der Waals surface area contributed by atoms with Crippen molar-refractivity contribution in [2.45, 2.75) is 19.9 Å². The minimum atomic E-state index is 0.935. The molecule has 3 heteroatoms. The number of benzene rings is 1. The van der Waals surface area contributed by atoms with Crippen molar-refractivity contribution in [1.29, 1.82) is 0 Å². The highest BCUT2D eigenvalue weighted by Gasteiger charge is 2.15. The van der Waals surface area contributed by atoms with Crippen molar-refractivity contribution in [3.8, 4) is 12.3 Å². The van der Waals surface area contributed by atoms with Crippen molar-refractivity contribution < 1.29 is 0 Å². The molecule has 0 bridgehead atoms. The number of aryl methyl sites for hydroxylation is 1. The molecule has 0 atom stereocenters. The molecule has 0 N–H and O–H groups in total. The average molecular weight is 332 g/mol. The van der Waals surface area contributed by atoms with Crippen molar-refractivity contribution in [2.24, 2.45) is 0 Å². The summed E-state index contributed by atoms with van der Waals surface area (Å²) in [6.45, 7) is 7.57. The van der Waals surface area contributed by atoms with Gasteiger partial charge in [-0.2, -0.15) is 0 Å². The number of halogens is 1. The summed E-state index contributed by atoms with van der Waals surface area (Å²) in [5, 5.41) is 0. The Hall–Kier alpha value is -1.53. The van der Waals surface area contributed by atoms with Crippen LogP contribution in [-0.2, 0) is 13.0 Å². The lowest BCUT2D eigenvalue weighted by molar-refractivity contribution is 0.317. The molecule has 0 amide bonds. The molecule has 22 heavy (non-hydrogen) atoms. The molecule has 0 saturated carbocycles. The van der Waals surface area contributed by atoms with Crippen molar-refractivity contribution in [3.05, 3.63) is 69.4 Å². The number of thiophene rings is 1. The van der Waals surface area contributed by atoms with Crippen LogP contribution in [0.25, 0.3) is 0 Å². The predicted molar refractivity (Wildman–Crippen MR) is 99.6 cm³/mol. The zero-order chi connectivity index (χ0) is 16.4. The van der Waals surface area contributed by atoms with Crippen LogP contribution in [-0.4, -0.2) is 18.5 Å². The Bertz CT molecular complexity index is 610. The Morgan fingerprint density at radius 3 is 2.50 bits per heavy atom. The molecule has 0 radical (unpaired) electrons. The Kier molecular flexibility index (Phi) is 8.62. The molecule has 2 heterocycles. The summed E-state index contributed by atoms with van der Waals surface area (Å²) in [4.78, 5) is 3.78. The van der Waals surface area contributed by atoms with Crippen molar-refractivity contribution in [3.63, 3.8) is 0 Å². The van der Waals surface area contributed by atoms with E-state index in [-0.39, 0.29) is 0 Å². The zero-order valence-corrected chi connectivity index (χ0v) is 14.8. The number of terminal acetylenes is 1. The fraction of sp³-hybridized carbons (Fsp3) is 0.263. The molecule has 1 aliphatic rings. The largest absolute Gasteiger partial charge is 0.301 e. The highest BCUT2D eigenvalue weighted by molar-refractivity contribution is 7.16. The summed E-state index contributed by atoms with van der Waals surface area (Å²) in [5.74, 6) is 2.19. The maximum atomic E-state index is 5.90. The second-order valence-corrected chi connectivity index (χ2v) is 6.78. The van der Waals surface area contributed by atoms with Gasteiger partial charge in [-0.15, -0.1) is 17.8 Å². The second-order valence-electron chi connectivity index (χ2n) is 5.01. The number of hydrogen-bond acceptors (Lipinski definition) is 2. The molecule has 0 aliphatic carbocycles. The van der Waals surface area contributed by atoms with Gasteiger partial charge in [-0.3, -0.25) is 0 Å². The summed E-state index contributed by atoms with van der Waals surface area (Å²) in [6, 6.07) is 12.4. The molecule has 116 valence electrons. The first-order valence-electron chi connectivity index (χ1n) is 7.11. The highest BCUT2D eigenvalue weighted by atomic mass is 35.5. The molecule has 1 nitrogen and oxygen atoms in total. The number of likely N-dealkylation sites (N-methyl/N-ethyl adjacent to an activating group) is 1. The number of hydrogen-bond donors (Lipinski definition) is 0. The molecular weight excluding hydrogens is 310 g/mol. The normalized spacial score (nSPS) is 12.6. The first-order valence-corrected chi connectivity index (χ1v) is 8.30. The minimum absolute atomic E-state index is 0.935. The first kappa shape index (κ1) is 18.5. The maximum absolute atomic E-state index is 5.90. The molecule has 2 aromatic rings. The monoisotopic (exact) mass is 331 g/mol. The van der Waals surface area contributed by atoms with Gasteiger partial charge in [0.25, 0.3) is 0 Å².